The molecule has 1 saturated heterocycles. The van der Waals surface area contributed by atoms with Crippen LogP contribution in [0.15, 0.2) is 12.2 Å². The number of hydrogen-bond acceptors (Lipinski definition) is 5. The third-order valence-electron chi connectivity index (χ3n) is 3.73. The summed E-state index contributed by atoms with van der Waals surface area (Å²) in [6.45, 7) is 0.513. The number of amides is 2. The summed E-state index contributed by atoms with van der Waals surface area (Å²) in [5, 5.41) is 0. The fourth-order valence-electron chi connectivity index (χ4n) is 2.50. The number of carbonyl (C=O) groups is 2. The molecule has 0 unspecified atom stereocenters. The van der Waals surface area contributed by atoms with Gasteiger partial charge in [0, 0.05) is 40.0 Å². The van der Waals surface area contributed by atoms with Gasteiger partial charge in [0.2, 0.25) is 0 Å². The first-order chi connectivity index (χ1) is 9.90. The van der Waals surface area contributed by atoms with Crippen LogP contribution >= 0.6 is 0 Å². The Labute approximate surface area is 124 Å². The number of rotatable bonds is 4. The molecule has 2 heterocycles. The maximum absolute atomic E-state index is 11.5. The van der Waals surface area contributed by atoms with Crippen molar-refractivity contribution in [2.45, 2.75) is 12.2 Å². The lowest BCUT2D eigenvalue weighted by Crippen LogP contribution is -2.35. The molecule has 0 aliphatic carbocycles. The highest BCUT2D eigenvalue weighted by Gasteiger charge is 2.47. The van der Waals surface area contributed by atoms with Gasteiger partial charge in [0.25, 0.3) is 0 Å². The Morgan fingerprint density at radius 2 is 1.29 bits per heavy atom. The zero-order valence-corrected chi connectivity index (χ0v) is 12.8. The standard InChI is InChI=1S/C14H22N2O5/c1-15(2)13(17)19-7-9-10(8-20-14(18)16(3)4)12-6-5-11(9)21-12/h5-6,9-12H,7-8H2,1-4H3/t9-,10+,11+,12-. The van der Waals surface area contributed by atoms with Crippen LogP contribution in [0, 0.1) is 11.8 Å². The lowest BCUT2D eigenvalue weighted by Gasteiger charge is -2.25. The van der Waals surface area contributed by atoms with Gasteiger partial charge in [0.1, 0.15) is 0 Å². The summed E-state index contributed by atoms with van der Waals surface area (Å²) in [7, 11) is 6.54. The summed E-state index contributed by atoms with van der Waals surface area (Å²) in [4.78, 5) is 25.8. The average Bonchev–Trinajstić information content (AvgIpc) is 3.02. The van der Waals surface area contributed by atoms with Crippen LogP contribution in [-0.2, 0) is 14.2 Å². The van der Waals surface area contributed by atoms with Gasteiger partial charge >= 0.3 is 12.2 Å². The minimum atomic E-state index is -0.384. The van der Waals surface area contributed by atoms with E-state index in [0.717, 1.165) is 0 Å². The fraction of sp³-hybridized carbons (Fsp3) is 0.714. The topological polar surface area (TPSA) is 68.3 Å². The minimum Gasteiger partial charge on any atom is -0.449 e. The van der Waals surface area contributed by atoms with E-state index in [1.165, 1.54) is 9.80 Å². The van der Waals surface area contributed by atoms with Crippen molar-refractivity contribution in [2.24, 2.45) is 11.8 Å². The molecule has 0 aromatic heterocycles. The molecule has 7 nitrogen and oxygen atoms in total. The van der Waals surface area contributed by atoms with Crippen LogP contribution < -0.4 is 0 Å². The van der Waals surface area contributed by atoms with E-state index in [9.17, 15) is 9.59 Å². The molecule has 0 N–H and O–H groups in total. The van der Waals surface area contributed by atoms with E-state index < -0.39 is 0 Å². The smallest absolute Gasteiger partial charge is 0.409 e. The van der Waals surface area contributed by atoms with Crippen LogP contribution in [-0.4, -0.2) is 75.6 Å². The van der Waals surface area contributed by atoms with E-state index in [-0.39, 0.29) is 49.4 Å². The summed E-state index contributed by atoms with van der Waals surface area (Å²) in [6.07, 6.45) is 3.03. The van der Waals surface area contributed by atoms with Crippen molar-refractivity contribution in [2.75, 3.05) is 41.4 Å². The molecule has 2 aliphatic rings. The first-order valence-electron chi connectivity index (χ1n) is 6.92. The van der Waals surface area contributed by atoms with E-state index in [0.29, 0.717) is 0 Å². The summed E-state index contributed by atoms with van der Waals surface area (Å²) >= 11 is 0. The largest absolute Gasteiger partial charge is 0.449 e. The molecule has 0 aromatic rings. The van der Waals surface area contributed by atoms with Crippen LogP contribution in [0.25, 0.3) is 0 Å². The van der Waals surface area contributed by atoms with Crippen LogP contribution in [0.2, 0.25) is 0 Å². The molecule has 0 aromatic carbocycles. The Kier molecular flexibility index (Phi) is 4.72. The maximum Gasteiger partial charge on any atom is 0.409 e. The van der Waals surface area contributed by atoms with Gasteiger partial charge in [-0.2, -0.15) is 0 Å². The second-order valence-electron chi connectivity index (χ2n) is 5.72. The van der Waals surface area contributed by atoms with E-state index in [4.69, 9.17) is 14.2 Å². The van der Waals surface area contributed by atoms with Crippen molar-refractivity contribution in [1.82, 2.24) is 9.80 Å². The Balaban J connectivity index is 1.90. The van der Waals surface area contributed by atoms with E-state index in [2.05, 4.69) is 0 Å². The second kappa shape index (κ2) is 6.34. The lowest BCUT2D eigenvalue weighted by atomic mass is 9.84. The maximum atomic E-state index is 11.5. The zero-order valence-electron chi connectivity index (χ0n) is 12.8. The van der Waals surface area contributed by atoms with Crippen molar-refractivity contribution in [3.8, 4) is 0 Å². The van der Waals surface area contributed by atoms with Gasteiger partial charge in [-0.05, 0) is 0 Å². The molecule has 0 saturated carbocycles. The van der Waals surface area contributed by atoms with Gasteiger partial charge in [-0.25, -0.2) is 9.59 Å². The quantitative estimate of drug-likeness (QED) is 0.723. The molecule has 1 fully saturated rings. The summed E-state index contributed by atoms with van der Waals surface area (Å²) in [6, 6.07) is 0. The molecule has 2 rings (SSSR count). The van der Waals surface area contributed by atoms with Gasteiger partial charge < -0.3 is 24.0 Å². The van der Waals surface area contributed by atoms with Crippen LogP contribution in [0.5, 0.6) is 0 Å². The van der Waals surface area contributed by atoms with Crippen molar-refractivity contribution in [1.29, 1.82) is 0 Å². The predicted molar refractivity (Wildman–Crippen MR) is 74.9 cm³/mol. The molecule has 0 spiro atoms. The van der Waals surface area contributed by atoms with Crippen molar-refractivity contribution < 1.29 is 23.8 Å². The molecule has 2 aliphatic heterocycles. The Hall–Kier alpha value is -1.76. The van der Waals surface area contributed by atoms with Crippen LogP contribution in [0.1, 0.15) is 0 Å². The van der Waals surface area contributed by atoms with Crippen LogP contribution in [0.3, 0.4) is 0 Å². The highest BCUT2D eigenvalue weighted by molar-refractivity contribution is 5.67. The molecule has 0 radical (unpaired) electrons. The number of carbonyl (C=O) groups excluding carboxylic acids is 2. The molecule has 2 bridgehead atoms. The summed E-state index contributed by atoms with van der Waals surface area (Å²) in [5.41, 5.74) is 0. The van der Waals surface area contributed by atoms with Gasteiger partial charge in [0.05, 0.1) is 25.4 Å². The number of hydrogen-bond donors (Lipinski definition) is 0. The second-order valence-corrected chi connectivity index (χ2v) is 5.72. The predicted octanol–water partition coefficient (Wildman–Crippen LogP) is 0.952. The first kappa shape index (κ1) is 15.6. The number of ether oxygens (including phenoxy) is 3. The normalized spacial score (nSPS) is 29.3. The first-order valence-corrected chi connectivity index (χ1v) is 6.92. The van der Waals surface area contributed by atoms with Gasteiger partial charge in [-0.3, -0.25) is 0 Å². The van der Waals surface area contributed by atoms with Crippen LogP contribution in [0.4, 0.5) is 9.59 Å². The van der Waals surface area contributed by atoms with E-state index in [1.807, 2.05) is 12.2 Å². The number of nitrogens with zero attached hydrogens (tertiary/aromatic N) is 2. The molecule has 2 amide bonds. The molecule has 21 heavy (non-hydrogen) atoms. The molecule has 4 atom stereocenters. The third-order valence-corrected chi connectivity index (χ3v) is 3.73. The van der Waals surface area contributed by atoms with Crippen molar-refractivity contribution in [3.05, 3.63) is 12.2 Å². The van der Waals surface area contributed by atoms with Crippen molar-refractivity contribution >= 4 is 12.2 Å². The van der Waals surface area contributed by atoms with Crippen molar-refractivity contribution in [3.63, 3.8) is 0 Å². The lowest BCUT2D eigenvalue weighted by molar-refractivity contribution is 0.0622. The SMILES string of the molecule is CN(C)C(=O)OC[C@@H]1[C@H](COC(=O)N(C)C)[C@H]2C=C[C@@H]1O2. The Morgan fingerprint density at radius 3 is 1.62 bits per heavy atom. The number of fused-ring (bicyclic) bond motifs is 2. The summed E-state index contributed by atoms with van der Waals surface area (Å²) in [5.74, 6) is 0.0257. The monoisotopic (exact) mass is 298 g/mol. The average molecular weight is 298 g/mol. The molecule has 7 heteroatoms. The molecule has 118 valence electrons. The van der Waals surface area contributed by atoms with Gasteiger partial charge in [0.15, 0.2) is 0 Å². The minimum absolute atomic E-state index is 0.0128. The Morgan fingerprint density at radius 1 is 0.905 bits per heavy atom. The van der Waals surface area contributed by atoms with E-state index >= 15 is 0 Å². The highest BCUT2D eigenvalue weighted by atomic mass is 16.6. The Bertz CT molecular complexity index is 397. The highest BCUT2D eigenvalue weighted by Crippen LogP contribution is 2.39. The molecular formula is C14H22N2O5. The van der Waals surface area contributed by atoms with E-state index in [1.54, 1.807) is 28.2 Å². The fourth-order valence-corrected chi connectivity index (χ4v) is 2.50. The summed E-state index contributed by atoms with van der Waals surface area (Å²) < 4.78 is 16.3. The third kappa shape index (κ3) is 3.47. The van der Waals surface area contributed by atoms with Gasteiger partial charge in [-0.15, -0.1) is 0 Å². The van der Waals surface area contributed by atoms with Gasteiger partial charge in [-0.1, -0.05) is 12.2 Å². The zero-order chi connectivity index (χ0) is 15.6. The molecular weight excluding hydrogens is 276 g/mol.